The first-order chi connectivity index (χ1) is 8.20. The summed E-state index contributed by atoms with van der Waals surface area (Å²) in [5.41, 5.74) is 0.412. The third-order valence-corrected chi connectivity index (χ3v) is 2.81. The number of ether oxygens (including phenoxy) is 1. The molecule has 1 atom stereocenters. The summed E-state index contributed by atoms with van der Waals surface area (Å²) in [5.74, 6) is -0.578. The van der Waals surface area contributed by atoms with E-state index >= 15 is 0 Å². The Hall–Kier alpha value is -1.62. The van der Waals surface area contributed by atoms with E-state index in [2.05, 4.69) is 10.6 Å². The van der Waals surface area contributed by atoms with E-state index in [9.17, 15) is 9.18 Å². The molecule has 2 rings (SSSR count). The first-order valence-electron chi connectivity index (χ1n) is 5.56. The number of carbonyl (C=O) groups is 1. The van der Waals surface area contributed by atoms with Gasteiger partial charge in [0, 0.05) is 18.2 Å². The van der Waals surface area contributed by atoms with Gasteiger partial charge in [-0.15, -0.1) is 0 Å². The van der Waals surface area contributed by atoms with Crippen molar-refractivity contribution in [3.8, 4) is 5.75 Å². The van der Waals surface area contributed by atoms with Crippen molar-refractivity contribution < 1.29 is 13.9 Å². The minimum atomic E-state index is -0.466. The SMILES string of the molecule is COc1cc(C(=O)N[C@@H]2CCNC2)ccc1F. The number of hydrogen-bond acceptors (Lipinski definition) is 3. The van der Waals surface area contributed by atoms with Gasteiger partial charge in [0.15, 0.2) is 11.6 Å². The molecule has 1 aromatic rings. The van der Waals surface area contributed by atoms with Crippen LogP contribution in [0.5, 0.6) is 5.75 Å². The van der Waals surface area contributed by atoms with Crippen LogP contribution in [0.2, 0.25) is 0 Å². The van der Waals surface area contributed by atoms with Gasteiger partial charge in [0.05, 0.1) is 7.11 Å². The fourth-order valence-corrected chi connectivity index (χ4v) is 1.85. The van der Waals surface area contributed by atoms with E-state index in [-0.39, 0.29) is 17.7 Å². The molecule has 17 heavy (non-hydrogen) atoms. The molecule has 1 aromatic carbocycles. The first kappa shape index (κ1) is 11.9. The molecule has 0 unspecified atom stereocenters. The molecule has 0 bridgehead atoms. The summed E-state index contributed by atoms with van der Waals surface area (Å²) >= 11 is 0. The van der Waals surface area contributed by atoms with Crippen molar-refractivity contribution in [2.45, 2.75) is 12.5 Å². The number of nitrogens with one attached hydrogen (secondary N) is 2. The number of amides is 1. The van der Waals surface area contributed by atoms with Gasteiger partial charge in [-0.25, -0.2) is 4.39 Å². The van der Waals surface area contributed by atoms with Gasteiger partial charge in [0.2, 0.25) is 0 Å². The van der Waals surface area contributed by atoms with E-state index in [1.165, 1.54) is 25.3 Å². The predicted octanol–water partition coefficient (Wildman–Crippen LogP) is 0.926. The predicted molar refractivity (Wildman–Crippen MR) is 61.7 cm³/mol. The second-order valence-corrected chi connectivity index (χ2v) is 4.01. The molecule has 0 aliphatic carbocycles. The maximum Gasteiger partial charge on any atom is 0.251 e. The highest BCUT2D eigenvalue weighted by molar-refractivity contribution is 5.94. The fraction of sp³-hybridized carbons (Fsp3) is 0.417. The van der Waals surface area contributed by atoms with Gasteiger partial charge in [0.1, 0.15) is 0 Å². The monoisotopic (exact) mass is 238 g/mol. The highest BCUT2D eigenvalue weighted by Crippen LogP contribution is 2.18. The number of rotatable bonds is 3. The molecule has 0 aromatic heterocycles. The average Bonchev–Trinajstić information content (AvgIpc) is 2.82. The lowest BCUT2D eigenvalue weighted by molar-refractivity contribution is 0.0939. The third kappa shape index (κ3) is 2.74. The zero-order valence-corrected chi connectivity index (χ0v) is 9.63. The normalized spacial score (nSPS) is 19.1. The molecule has 4 nitrogen and oxygen atoms in total. The Bertz CT molecular complexity index is 417. The Labute approximate surface area is 99.2 Å². The van der Waals surface area contributed by atoms with E-state index < -0.39 is 5.82 Å². The third-order valence-electron chi connectivity index (χ3n) is 2.81. The van der Waals surface area contributed by atoms with Gasteiger partial charge in [-0.3, -0.25) is 4.79 Å². The number of hydrogen-bond donors (Lipinski definition) is 2. The molecule has 0 radical (unpaired) electrons. The lowest BCUT2D eigenvalue weighted by atomic mass is 10.1. The lowest BCUT2D eigenvalue weighted by Gasteiger charge is -2.12. The minimum absolute atomic E-state index is 0.0854. The highest BCUT2D eigenvalue weighted by Gasteiger charge is 2.18. The van der Waals surface area contributed by atoms with Gasteiger partial charge < -0.3 is 15.4 Å². The molecule has 1 fully saturated rings. The van der Waals surface area contributed by atoms with Crippen molar-refractivity contribution >= 4 is 5.91 Å². The van der Waals surface area contributed by atoms with E-state index in [4.69, 9.17) is 4.74 Å². The molecule has 2 N–H and O–H groups in total. The standard InChI is InChI=1S/C12H15FN2O2/c1-17-11-6-8(2-3-10(11)13)12(16)15-9-4-5-14-7-9/h2-3,6,9,14H,4-5,7H2,1H3,(H,15,16)/t9-/m1/s1. The van der Waals surface area contributed by atoms with Crippen molar-refractivity contribution in [3.63, 3.8) is 0 Å². The highest BCUT2D eigenvalue weighted by atomic mass is 19.1. The lowest BCUT2D eigenvalue weighted by Crippen LogP contribution is -2.36. The van der Waals surface area contributed by atoms with Crippen LogP contribution < -0.4 is 15.4 Å². The van der Waals surface area contributed by atoms with Crippen LogP contribution in [0.1, 0.15) is 16.8 Å². The quantitative estimate of drug-likeness (QED) is 0.823. The Morgan fingerprint density at radius 1 is 1.59 bits per heavy atom. The zero-order valence-electron chi connectivity index (χ0n) is 9.63. The molecule has 92 valence electrons. The van der Waals surface area contributed by atoms with Crippen LogP contribution >= 0.6 is 0 Å². The summed E-state index contributed by atoms with van der Waals surface area (Å²) in [6.45, 7) is 1.70. The largest absolute Gasteiger partial charge is 0.494 e. The molecule has 5 heteroatoms. The molecular formula is C12H15FN2O2. The molecule has 1 amide bonds. The smallest absolute Gasteiger partial charge is 0.251 e. The molecule has 0 spiro atoms. The van der Waals surface area contributed by atoms with Gasteiger partial charge in [-0.05, 0) is 31.2 Å². The van der Waals surface area contributed by atoms with Crippen molar-refractivity contribution in [2.24, 2.45) is 0 Å². The van der Waals surface area contributed by atoms with Crippen LogP contribution in [0.25, 0.3) is 0 Å². The Kier molecular flexibility index (Phi) is 3.58. The summed E-state index contributed by atoms with van der Waals surface area (Å²) < 4.78 is 18.0. The zero-order chi connectivity index (χ0) is 12.3. The van der Waals surface area contributed by atoms with Crippen molar-refractivity contribution in [3.05, 3.63) is 29.6 Å². The van der Waals surface area contributed by atoms with Gasteiger partial charge in [-0.1, -0.05) is 0 Å². The summed E-state index contributed by atoms with van der Waals surface area (Å²) in [6, 6.07) is 4.25. The summed E-state index contributed by atoms with van der Waals surface area (Å²) in [5, 5.41) is 6.05. The maximum absolute atomic E-state index is 13.2. The van der Waals surface area contributed by atoms with Crippen LogP contribution in [0.15, 0.2) is 18.2 Å². The van der Waals surface area contributed by atoms with Crippen molar-refractivity contribution in [2.75, 3.05) is 20.2 Å². The topological polar surface area (TPSA) is 50.4 Å². The summed E-state index contributed by atoms with van der Waals surface area (Å²) in [4.78, 5) is 11.9. The Balaban J connectivity index is 2.07. The minimum Gasteiger partial charge on any atom is -0.494 e. The molecular weight excluding hydrogens is 223 g/mol. The summed E-state index contributed by atoms with van der Waals surface area (Å²) in [6.07, 6.45) is 0.921. The van der Waals surface area contributed by atoms with Gasteiger partial charge in [0.25, 0.3) is 5.91 Å². The Morgan fingerprint density at radius 2 is 2.41 bits per heavy atom. The molecule has 1 aliphatic heterocycles. The summed E-state index contributed by atoms with van der Waals surface area (Å²) in [7, 11) is 1.38. The maximum atomic E-state index is 13.2. The van der Waals surface area contributed by atoms with Gasteiger partial charge in [-0.2, -0.15) is 0 Å². The fourth-order valence-electron chi connectivity index (χ4n) is 1.85. The second kappa shape index (κ2) is 5.14. The second-order valence-electron chi connectivity index (χ2n) is 4.01. The van der Waals surface area contributed by atoms with E-state index in [1.54, 1.807) is 0 Å². The number of benzene rings is 1. The Morgan fingerprint density at radius 3 is 3.06 bits per heavy atom. The van der Waals surface area contributed by atoms with Crippen LogP contribution in [-0.2, 0) is 0 Å². The molecule has 1 heterocycles. The number of carbonyl (C=O) groups excluding carboxylic acids is 1. The first-order valence-corrected chi connectivity index (χ1v) is 5.56. The number of methoxy groups -OCH3 is 1. The van der Waals surface area contributed by atoms with Crippen LogP contribution in [-0.4, -0.2) is 32.1 Å². The average molecular weight is 238 g/mol. The van der Waals surface area contributed by atoms with Crippen LogP contribution in [0, 0.1) is 5.82 Å². The van der Waals surface area contributed by atoms with E-state index in [0.717, 1.165) is 19.5 Å². The van der Waals surface area contributed by atoms with E-state index in [0.29, 0.717) is 5.56 Å². The molecule has 1 saturated heterocycles. The van der Waals surface area contributed by atoms with Gasteiger partial charge >= 0.3 is 0 Å². The van der Waals surface area contributed by atoms with Crippen LogP contribution in [0.3, 0.4) is 0 Å². The van der Waals surface area contributed by atoms with Crippen molar-refractivity contribution in [1.82, 2.24) is 10.6 Å². The van der Waals surface area contributed by atoms with Crippen molar-refractivity contribution in [1.29, 1.82) is 0 Å². The van der Waals surface area contributed by atoms with Crippen LogP contribution in [0.4, 0.5) is 4.39 Å². The molecule has 1 aliphatic rings. The molecule has 0 saturated carbocycles. The van der Waals surface area contributed by atoms with E-state index in [1.807, 2.05) is 0 Å². The number of halogens is 1.